The average molecular weight is 197 g/mol. The van der Waals surface area contributed by atoms with Gasteiger partial charge in [0.15, 0.2) is 0 Å². The topological polar surface area (TPSA) is 32.3 Å². The van der Waals surface area contributed by atoms with Crippen molar-refractivity contribution < 1.29 is 5.11 Å². The maximum atomic E-state index is 9.67. The summed E-state index contributed by atoms with van der Waals surface area (Å²) in [4.78, 5) is 0. The Hall–Kier alpha value is -0.0800. The van der Waals surface area contributed by atoms with Crippen molar-refractivity contribution in [3.05, 3.63) is 0 Å². The van der Waals surface area contributed by atoms with Gasteiger partial charge in [0.1, 0.15) is 0 Å². The molecule has 82 valence electrons. The molecular formula is C12H23NO. The van der Waals surface area contributed by atoms with E-state index in [0.29, 0.717) is 6.61 Å². The van der Waals surface area contributed by atoms with Gasteiger partial charge in [-0.2, -0.15) is 0 Å². The van der Waals surface area contributed by atoms with Gasteiger partial charge >= 0.3 is 0 Å². The summed E-state index contributed by atoms with van der Waals surface area (Å²) in [5.74, 6) is 0.809. The van der Waals surface area contributed by atoms with Crippen LogP contribution in [0, 0.1) is 11.3 Å². The molecule has 2 nitrogen and oxygen atoms in total. The highest BCUT2D eigenvalue weighted by Gasteiger charge is 2.39. The standard InChI is InChI=1S/C12H23NO/c14-10-12(6-8-13-9-7-12)11-4-2-1-3-5-11/h11,13-14H,1-10H2. The first-order valence-electron chi connectivity index (χ1n) is 6.19. The van der Waals surface area contributed by atoms with E-state index in [1.54, 1.807) is 0 Å². The quantitative estimate of drug-likeness (QED) is 0.709. The molecule has 1 aliphatic carbocycles. The zero-order valence-corrected chi connectivity index (χ0v) is 9.10. The number of hydrogen-bond donors (Lipinski definition) is 2. The Morgan fingerprint density at radius 2 is 1.71 bits per heavy atom. The van der Waals surface area contributed by atoms with Crippen LogP contribution in [0.4, 0.5) is 0 Å². The SMILES string of the molecule is OCC1(C2CCCCC2)CCNCC1. The molecule has 14 heavy (non-hydrogen) atoms. The zero-order valence-electron chi connectivity index (χ0n) is 9.10. The number of rotatable bonds is 2. The molecule has 0 spiro atoms. The van der Waals surface area contributed by atoms with Gasteiger partial charge in [0, 0.05) is 6.61 Å². The third-order valence-electron chi connectivity index (χ3n) is 4.39. The van der Waals surface area contributed by atoms with E-state index in [1.165, 1.54) is 44.9 Å². The number of hydrogen-bond acceptors (Lipinski definition) is 2. The highest BCUT2D eigenvalue weighted by Crippen LogP contribution is 2.44. The van der Waals surface area contributed by atoms with E-state index < -0.39 is 0 Å². The van der Waals surface area contributed by atoms with Crippen LogP contribution in [0.2, 0.25) is 0 Å². The first kappa shape index (κ1) is 10.4. The van der Waals surface area contributed by atoms with Crippen LogP contribution in [0.15, 0.2) is 0 Å². The van der Waals surface area contributed by atoms with E-state index in [-0.39, 0.29) is 5.41 Å². The summed E-state index contributed by atoms with van der Waals surface area (Å²) in [5, 5.41) is 13.1. The lowest BCUT2D eigenvalue weighted by molar-refractivity contribution is 0.0123. The van der Waals surface area contributed by atoms with Crippen LogP contribution in [0.25, 0.3) is 0 Å². The van der Waals surface area contributed by atoms with Crippen molar-refractivity contribution in [1.29, 1.82) is 0 Å². The maximum absolute atomic E-state index is 9.67. The summed E-state index contributed by atoms with van der Waals surface area (Å²) in [6, 6.07) is 0. The molecule has 2 rings (SSSR count). The van der Waals surface area contributed by atoms with Crippen LogP contribution in [0.1, 0.15) is 44.9 Å². The first-order chi connectivity index (χ1) is 6.87. The van der Waals surface area contributed by atoms with E-state index in [9.17, 15) is 5.11 Å². The van der Waals surface area contributed by atoms with Gasteiger partial charge in [0.2, 0.25) is 0 Å². The lowest BCUT2D eigenvalue weighted by atomic mass is 9.64. The number of aliphatic hydroxyl groups excluding tert-OH is 1. The maximum Gasteiger partial charge on any atom is 0.0491 e. The molecule has 0 bridgehead atoms. The third-order valence-corrected chi connectivity index (χ3v) is 4.39. The minimum atomic E-state index is 0.283. The fourth-order valence-corrected chi connectivity index (χ4v) is 3.34. The zero-order chi connectivity index (χ0) is 9.86. The molecule has 2 heteroatoms. The van der Waals surface area contributed by atoms with E-state index in [2.05, 4.69) is 5.32 Å². The van der Waals surface area contributed by atoms with Crippen LogP contribution < -0.4 is 5.32 Å². The number of piperidine rings is 1. The number of nitrogens with one attached hydrogen (secondary N) is 1. The van der Waals surface area contributed by atoms with Crippen LogP contribution in [-0.4, -0.2) is 24.8 Å². The average Bonchev–Trinajstić information content (AvgIpc) is 2.31. The minimum absolute atomic E-state index is 0.283. The van der Waals surface area contributed by atoms with E-state index in [4.69, 9.17) is 0 Å². The Labute approximate surface area is 87.1 Å². The molecule has 0 aromatic carbocycles. The van der Waals surface area contributed by atoms with Crippen molar-refractivity contribution in [2.24, 2.45) is 11.3 Å². The first-order valence-corrected chi connectivity index (χ1v) is 6.19. The van der Waals surface area contributed by atoms with Gasteiger partial charge in [0.05, 0.1) is 0 Å². The molecule has 1 aliphatic heterocycles. The summed E-state index contributed by atoms with van der Waals surface area (Å²) in [6.07, 6.45) is 9.29. The lowest BCUT2D eigenvalue weighted by Gasteiger charge is -2.44. The van der Waals surface area contributed by atoms with Crippen LogP contribution in [0.5, 0.6) is 0 Å². The van der Waals surface area contributed by atoms with Gasteiger partial charge < -0.3 is 10.4 Å². The summed E-state index contributed by atoms with van der Waals surface area (Å²) >= 11 is 0. The predicted molar refractivity (Wildman–Crippen MR) is 58.2 cm³/mol. The van der Waals surface area contributed by atoms with Crippen molar-refractivity contribution in [3.8, 4) is 0 Å². The fraction of sp³-hybridized carbons (Fsp3) is 1.00. The smallest absolute Gasteiger partial charge is 0.0491 e. The largest absolute Gasteiger partial charge is 0.396 e. The van der Waals surface area contributed by atoms with Crippen LogP contribution in [-0.2, 0) is 0 Å². The summed E-state index contributed by atoms with van der Waals surface area (Å²) in [5.41, 5.74) is 0.283. The molecule has 2 N–H and O–H groups in total. The Morgan fingerprint density at radius 1 is 1.07 bits per heavy atom. The molecule has 1 saturated heterocycles. The number of aliphatic hydroxyl groups is 1. The van der Waals surface area contributed by atoms with E-state index >= 15 is 0 Å². The second kappa shape index (κ2) is 4.63. The second-order valence-electron chi connectivity index (χ2n) is 5.11. The van der Waals surface area contributed by atoms with E-state index in [1.807, 2.05) is 0 Å². The van der Waals surface area contributed by atoms with Crippen molar-refractivity contribution in [2.45, 2.75) is 44.9 Å². The molecule has 2 fully saturated rings. The Bertz CT molecular complexity index is 169. The molecule has 2 aliphatic rings. The summed E-state index contributed by atoms with van der Waals surface area (Å²) < 4.78 is 0. The minimum Gasteiger partial charge on any atom is -0.396 e. The normalized spacial score (nSPS) is 28.9. The van der Waals surface area contributed by atoms with Crippen LogP contribution in [0.3, 0.4) is 0 Å². The molecule has 0 atom stereocenters. The summed E-state index contributed by atoms with van der Waals surface area (Å²) in [7, 11) is 0. The lowest BCUT2D eigenvalue weighted by Crippen LogP contribution is -2.44. The van der Waals surface area contributed by atoms with Crippen LogP contribution >= 0.6 is 0 Å². The highest BCUT2D eigenvalue weighted by molar-refractivity contribution is 4.91. The van der Waals surface area contributed by atoms with Crippen molar-refractivity contribution >= 4 is 0 Å². The van der Waals surface area contributed by atoms with Gasteiger partial charge in [-0.1, -0.05) is 19.3 Å². The second-order valence-corrected chi connectivity index (χ2v) is 5.11. The van der Waals surface area contributed by atoms with E-state index in [0.717, 1.165) is 19.0 Å². The van der Waals surface area contributed by atoms with Crippen molar-refractivity contribution in [2.75, 3.05) is 19.7 Å². The molecule has 0 unspecified atom stereocenters. The molecule has 1 heterocycles. The van der Waals surface area contributed by atoms with Gasteiger partial charge in [-0.05, 0) is 50.1 Å². The fourth-order valence-electron chi connectivity index (χ4n) is 3.34. The predicted octanol–water partition coefficient (Wildman–Crippen LogP) is 1.93. The van der Waals surface area contributed by atoms with Gasteiger partial charge in [0.25, 0.3) is 0 Å². The Morgan fingerprint density at radius 3 is 2.29 bits per heavy atom. The monoisotopic (exact) mass is 197 g/mol. The van der Waals surface area contributed by atoms with Crippen molar-refractivity contribution in [3.63, 3.8) is 0 Å². The molecule has 0 amide bonds. The van der Waals surface area contributed by atoms with Gasteiger partial charge in [-0.25, -0.2) is 0 Å². The molecule has 1 saturated carbocycles. The Kier molecular flexibility index (Phi) is 3.45. The molecular weight excluding hydrogens is 174 g/mol. The third kappa shape index (κ3) is 1.96. The molecule has 0 aromatic rings. The Balaban J connectivity index is 2.01. The summed E-state index contributed by atoms with van der Waals surface area (Å²) in [6.45, 7) is 2.63. The highest BCUT2D eigenvalue weighted by atomic mass is 16.3. The van der Waals surface area contributed by atoms with Gasteiger partial charge in [-0.3, -0.25) is 0 Å². The van der Waals surface area contributed by atoms with Gasteiger partial charge in [-0.15, -0.1) is 0 Å². The molecule has 0 radical (unpaired) electrons. The van der Waals surface area contributed by atoms with Crippen molar-refractivity contribution in [1.82, 2.24) is 5.32 Å². The molecule has 0 aromatic heterocycles.